The highest BCUT2D eigenvalue weighted by atomic mass is 35.5. The van der Waals surface area contributed by atoms with Gasteiger partial charge in [0.1, 0.15) is 0 Å². The number of nitrogens with zero attached hydrogens (tertiary/aromatic N) is 1. The van der Waals surface area contributed by atoms with Crippen molar-refractivity contribution in [3.63, 3.8) is 0 Å². The van der Waals surface area contributed by atoms with E-state index in [0.29, 0.717) is 28.4 Å². The Morgan fingerprint density at radius 2 is 1.56 bits per heavy atom. The van der Waals surface area contributed by atoms with Crippen LogP contribution in [0.5, 0.6) is 0 Å². The highest BCUT2D eigenvalue weighted by Crippen LogP contribution is 2.18. The summed E-state index contributed by atoms with van der Waals surface area (Å²) in [5, 5.41) is 3.34. The maximum atomic E-state index is 12.8. The fourth-order valence-corrected chi connectivity index (χ4v) is 2.93. The van der Waals surface area contributed by atoms with Crippen molar-refractivity contribution in [3.05, 3.63) is 95.0 Å². The summed E-state index contributed by atoms with van der Waals surface area (Å²) < 4.78 is 0. The molecule has 0 saturated carbocycles. The maximum absolute atomic E-state index is 12.8. The molecule has 0 unspecified atom stereocenters. The topological polar surface area (TPSA) is 49.4 Å². The molecule has 4 nitrogen and oxygen atoms in total. The molecule has 3 aromatic carbocycles. The summed E-state index contributed by atoms with van der Waals surface area (Å²) in [5.74, 6) is -0.364. The third kappa shape index (κ3) is 4.54. The van der Waals surface area contributed by atoms with Gasteiger partial charge < -0.3 is 10.2 Å². The highest BCUT2D eigenvalue weighted by Gasteiger charge is 2.16. The zero-order valence-corrected chi connectivity index (χ0v) is 15.6. The van der Waals surface area contributed by atoms with Gasteiger partial charge in [-0.15, -0.1) is 0 Å². The van der Waals surface area contributed by atoms with E-state index in [1.54, 1.807) is 53.4 Å². The molecular formula is C22H19ClN2O2. The van der Waals surface area contributed by atoms with Crippen molar-refractivity contribution in [2.75, 3.05) is 16.8 Å². The van der Waals surface area contributed by atoms with Crippen molar-refractivity contribution in [1.82, 2.24) is 0 Å². The standard InChI is InChI=1S/C22H19ClN2O2/c1-2-25(20-9-4-3-5-10-20)22(27)17-13-11-16(12-14-17)21(26)24-19-8-6-7-18(23)15-19/h3-15H,2H2,1H3,(H,24,26). The second-order valence-corrected chi connectivity index (χ2v) is 6.36. The minimum absolute atomic E-state index is 0.106. The molecule has 27 heavy (non-hydrogen) atoms. The number of nitrogens with one attached hydrogen (secondary N) is 1. The van der Waals surface area contributed by atoms with Crippen LogP contribution in [0.15, 0.2) is 78.9 Å². The van der Waals surface area contributed by atoms with Crippen LogP contribution in [-0.4, -0.2) is 18.4 Å². The Bertz CT molecular complexity index is 940. The molecule has 1 N–H and O–H groups in total. The number of halogens is 1. The summed E-state index contributed by atoms with van der Waals surface area (Å²) in [4.78, 5) is 26.9. The molecule has 0 aromatic heterocycles. The number of hydrogen-bond acceptors (Lipinski definition) is 2. The number of rotatable bonds is 5. The Kier molecular flexibility index (Phi) is 5.89. The third-order valence-electron chi connectivity index (χ3n) is 4.11. The predicted molar refractivity (Wildman–Crippen MR) is 110 cm³/mol. The van der Waals surface area contributed by atoms with Gasteiger partial charge in [0.25, 0.3) is 11.8 Å². The molecule has 0 saturated heterocycles. The first kappa shape index (κ1) is 18.7. The first-order chi connectivity index (χ1) is 13.1. The summed E-state index contributed by atoms with van der Waals surface area (Å²) >= 11 is 5.93. The Morgan fingerprint density at radius 1 is 0.889 bits per heavy atom. The molecule has 0 fully saturated rings. The lowest BCUT2D eigenvalue weighted by molar-refractivity contribution is 0.0985. The van der Waals surface area contributed by atoms with Gasteiger partial charge in [0, 0.05) is 34.1 Å². The first-order valence-electron chi connectivity index (χ1n) is 8.62. The lowest BCUT2D eigenvalue weighted by atomic mass is 10.1. The van der Waals surface area contributed by atoms with Crippen LogP contribution in [0.4, 0.5) is 11.4 Å². The van der Waals surface area contributed by atoms with E-state index in [-0.39, 0.29) is 11.8 Å². The predicted octanol–water partition coefficient (Wildman–Crippen LogP) is 5.26. The summed E-state index contributed by atoms with van der Waals surface area (Å²) in [5.41, 5.74) is 2.45. The van der Waals surface area contributed by atoms with Gasteiger partial charge in [-0.25, -0.2) is 0 Å². The zero-order valence-electron chi connectivity index (χ0n) is 14.9. The Balaban J connectivity index is 1.74. The molecule has 0 aliphatic carbocycles. The second kappa shape index (κ2) is 8.52. The van der Waals surface area contributed by atoms with E-state index in [1.165, 1.54) is 0 Å². The molecule has 0 aliphatic heterocycles. The molecule has 3 aromatic rings. The summed E-state index contributed by atoms with van der Waals surface area (Å²) in [6.07, 6.45) is 0. The van der Waals surface area contributed by atoms with Crippen molar-refractivity contribution in [1.29, 1.82) is 0 Å². The van der Waals surface area contributed by atoms with E-state index in [0.717, 1.165) is 5.69 Å². The van der Waals surface area contributed by atoms with Crippen molar-refractivity contribution >= 4 is 34.8 Å². The van der Waals surface area contributed by atoms with Crippen LogP contribution in [0.1, 0.15) is 27.6 Å². The molecule has 3 rings (SSSR count). The average molecular weight is 379 g/mol. The Morgan fingerprint density at radius 3 is 2.19 bits per heavy atom. The van der Waals surface area contributed by atoms with E-state index in [2.05, 4.69) is 5.32 Å². The quantitative estimate of drug-likeness (QED) is 0.658. The normalized spacial score (nSPS) is 10.3. The number of anilines is 2. The van der Waals surface area contributed by atoms with Crippen LogP contribution in [0.25, 0.3) is 0 Å². The van der Waals surface area contributed by atoms with E-state index in [9.17, 15) is 9.59 Å². The SMILES string of the molecule is CCN(C(=O)c1ccc(C(=O)Nc2cccc(Cl)c2)cc1)c1ccccc1. The van der Waals surface area contributed by atoms with Crippen LogP contribution >= 0.6 is 11.6 Å². The van der Waals surface area contributed by atoms with Gasteiger partial charge in [0.15, 0.2) is 0 Å². The number of hydrogen-bond donors (Lipinski definition) is 1. The van der Waals surface area contributed by atoms with Gasteiger partial charge in [0.05, 0.1) is 0 Å². The number of carbonyl (C=O) groups is 2. The fraction of sp³-hybridized carbons (Fsp3) is 0.0909. The van der Waals surface area contributed by atoms with Crippen LogP contribution in [0, 0.1) is 0 Å². The van der Waals surface area contributed by atoms with Gasteiger partial charge in [0.2, 0.25) is 0 Å². The lowest BCUT2D eigenvalue weighted by Gasteiger charge is -2.21. The zero-order chi connectivity index (χ0) is 19.2. The molecule has 2 amide bonds. The van der Waals surface area contributed by atoms with Gasteiger partial charge >= 0.3 is 0 Å². The molecule has 0 radical (unpaired) electrons. The minimum atomic E-state index is -0.258. The largest absolute Gasteiger partial charge is 0.322 e. The Labute approximate surface area is 163 Å². The van der Waals surface area contributed by atoms with Crippen LogP contribution in [0.3, 0.4) is 0 Å². The van der Waals surface area contributed by atoms with Crippen LogP contribution in [-0.2, 0) is 0 Å². The molecule has 5 heteroatoms. The van der Waals surface area contributed by atoms with E-state index >= 15 is 0 Å². The van der Waals surface area contributed by atoms with Crippen molar-refractivity contribution in [2.45, 2.75) is 6.92 Å². The van der Waals surface area contributed by atoms with Gasteiger partial charge in [-0.05, 0) is 61.5 Å². The van der Waals surface area contributed by atoms with Crippen molar-refractivity contribution in [3.8, 4) is 0 Å². The van der Waals surface area contributed by atoms with Gasteiger partial charge in [-0.3, -0.25) is 9.59 Å². The third-order valence-corrected chi connectivity index (χ3v) is 4.34. The van der Waals surface area contributed by atoms with E-state index in [1.807, 2.05) is 37.3 Å². The van der Waals surface area contributed by atoms with Gasteiger partial charge in [-0.1, -0.05) is 35.9 Å². The van der Waals surface area contributed by atoms with Crippen LogP contribution < -0.4 is 10.2 Å². The van der Waals surface area contributed by atoms with E-state index in [4.69, 9.17) is 11.6 Å². The average Bonchev–Trinajstić information content (AvgIpc) is 2.69. The highest BCUT2D eigenvalue weighted by molar-refractivity contribution is 6.31. The molecule has 0 heterocycles. The molecule has 0 spiro atoms. The summed E-state index contributed by atoms with van der Waals surface area (Å²) in [7, 11) is 0. The molecule has 136 valence electrons. The number of para-hydroxylation sites is 1. The summed E-state index contributed by atoms with van der Waals surface area (Å²) in [6, 6.07) is 23.1. The minimum Gasteiger partial charge on any atom is -0.322 e. The van der Waals surface area contributed by atoms with Crippen LogP contribution in [0.2, 0.25) is 5.02 Å². The number of amides is 2. The molecule has 0 aliphatic rings. The summed E-state index contributed by atoms with van der Waals surface area (Å²) in [6.45, 7) is 2.48. The fourth-order valence-electron chi connectivity index (χ4n) is 2.74. The smallest absolute Gasteiger partial charge is 0.258 e. The van der Waals surface area contributed by atoms with Gasteiger partial charge in [-0.2, -0.15) is 0 Å². The molecular weight excluding hydrogens is 360 g/mol. The lowest BCUT2D eigenvalue weighted by Crippen LogP contribution is -2.30. The first-order valence-corrected chi connectivity index (χ1v) is 9.00. The van der Waals surface area contributed by atoms with Crippen molar-refractivity contribution < 1.29 is 9.59 Å². The number of carbonyl (C=O) groups excluding carboxylic acids is 2. The monoisotopic (exact) mass is 378 g/mol. The second-order valence-electron chi connectivity index (χ2n) is 5.93. The van der Waals surface area contributed by atoms with Crippen molar-refractivity contribution in [2.24, 2.45) is 0 Å². The molecule has 0 atom stereocenters. The number of benzene rings is 3. The molecule has 0 bridgehead atoms. The maximum Gasteiger partial charge on any atom is 0.258 e. The Hall–Kier alpha value is -3.11. The van der Waals surface area contributed by atoms with E-state index < -0.39 is 0 Å².